The Hall–Kier alpha value is -3.95. The number of benzene rings is 2. The van der Waals surface area contributed by atoms with Crippen molar-refractivity contribution in [3.63, 3.8) is 0 Å². The SMILES string of the molecule is COc1ccc(-c2nnn(CC(=O)N(CC(=O)NC3CCCC3)c3cc(C)ccc3C)n2)cc1OC. The van der Waals surface area contributed by atoms with E-state index < -0.39 is 0 Å². The molecule has 1 aliphatic carbocycles. The molecule has 1 aromatic heterocycles. The van der Waals surface area contributed by atoms with Gasteiger partial charge in [0.05, 0.1) is 14.2 Å². The Morgan fingerprint density at radius 1 is 1.06 bits per heavy atom. The molecule has 1 aliphatic rings. The Morgan fingerprint density at radius 2 is 1.81 bits per heavy atom. The van der Waals surface area contributed by atoms with E-state index in [-0.39, 0.29) is 30.9 Å². The van der Waals surface area contributed by atoms with Crippen LogP contribution in [-0.4, -0.2) is 58.8 Å². The summed E-state index contributed by atoms with van der Waals surface area (Å²) >= 11 is 0. The lowest BCUT2D eigenvalue weighted by Crippen LogP contribution is -2.45. The van der Waals surface area contributed by atoms with Crippen molar-refractivity contribution in [3.8, 4) is 22.9 Å². The average Bonchev–Trinajstić information content (AvgIpc) is 3.56. The molecule has 1 fully saturated rings. The highest BCUT2D eigenvalue weighted by molar-refractivity contribution is 5.99. The van der Waals surface area contributed by atoms with Gasteiger partial charge in [0.1, 0.15) is 13.1 Å². The molecule has 190 valence electrons. The van der Waals surface area contributed by atoms with Crippen LogP contribution in [0.2, 0.25) is 0 Å². The van der Waals surface area contributed by atoms with Crippen molar-refractivity contribution in [3.05, 3.63) is 47.5 Å². The normalized spacial score (nSPS) is 13.4. The lowest BCUT2D eigenvalue weighted by Gasteiger charge is -2.25. The number of carbonyl (C=O) groups excluding carboxylic acids is 2. The number of ether oxygens (including phenoxy) is 2. The summed E-state index contributed by atoms with van der Waals surface area (Å²) in [6.07, 6.45) is 4.19. The molecule has 10 nitrogen and oxygen atoms in total. The number of rotatable bonds is 9. The number of aromatic nitrogens is 4. The number of methoxy groups -OCH3 is 2. The third-order valence-electron chi connectivity index (χ3n) is 6.35. The van der Waals surface area contributed by atoms with E-state index in [0.717, 1.165) is 36.8 Å². The van der Waals surface area contributed by atoms with E-state index in [0.29, 0.717) is 28.6 Å². The molecule has 4 rings (SSSR count). The number of hydrogen-bond acceptors (Lipinski definition) is 7. The summed E-state index contributed by atoms with van der Waals surface area (Å²) in [5.74, 6) is 0.997. The minimum Gasteiger partial charge on any atom is -0.493 e. The number of anilines is 1. The summed E-state index contributed by atoms with van der Waals surface area (Å²) in [5, 5.41) is 15.6. The van der Waals surface area contributed by atoms with Crippen LogP contribution in [0.5, 0.6) is 11.5 Å². The van der Waals surface area contributed by atoms with Crippen molar-refractivity contribution in [1.29, 1.82) is 0 Å². The molecule has 0 bridgehead atoms. The predicted molar refractivity (Wildman–Crippen MR) is 135 cm³/mol. The monoisotopic (exact) mass is 492 g/mol. The van der Waals surface area contributed by atoms with Crippen LogP contribution in [0.3, 0.4) is 0 Å². The highest BCUT2D eigenvalue weighted by atomic mass is 16.5. The smallest absolute Gasteiger partial charge is 0.251 e. The molecule has 2 amide bonds. The Bertz CT molecular complexity index is 1230. The van der Waals surface area contributed by atoms with Crippen molar-refractivity contribution >= 4 is 17.5 Å². The van der Waals surface area contributed by atoms with Crippen LogP contribution in [0.15, 0.2) is 36.4 Å². The molecule has 10 heteroatoms. The van der Waals surface area contributed by atoms with Gasteiger partial charge in [-0.15, -0.1) is 10.2 Å². The van der Waals surface area contributed by atoms with Crippen molar-refractivity contribution in [2.75, 3.05) is 25.7 Å². The zero-order chi connectivity index (χ0) is 25.7. The van der Waals surface area contributed by atoms with Gasteiger partial charge >= 0.3 is 0 Å². The fraction of sp³-hybridized carbons (Fsp3) is 0.423. The van der Waals surface area contributed by atoms with Gasteiger partial charge in [0.2, 0.25) is 11.7 Å². The first-order chi connectivity index (χ1) is 17.4. The fourth-order valence-electron chi connectivity index (χ4n) is 4.41. The van der Waals surface area contributed by atoms with Crippen molar-refractivity contribution in [1.82, 2.24) is 25.5 Å². The molecule has 0 radical (unpaired) electrons. The van der Waals surface area contributed by atoms with E-state index in [1.807, 2.05) is 32.0 Å². The molecule has 0 spiro atoms. The van der Waals surface area contributed by atoms with Crippen LogP contribution in [0.1, 0.15) is 36.8 Å². The molecule has 0 atom stereocenters. The molecule has 3 aromatic rings. The number of aryl methyl sites for hydroxylation is 2. The minimum atomic E-state index is -0.304. The van der Waals surface area contributed by atoms with Crippen LogP contribution in [0.25, 0.3) is 11.4 Å². The number of tetrazole rings is 1. The maximum absolute atomic E-state index is 13.5. The predicted octanol–water partition coefficient (Wildman–Crippen LogP) is 3.07. The molecule has 1 heterocycles. The number of nitrogens with zero attached hydrogens (tertiary/aromatic N) is 5. The van der Waals surface area contributed by atoms with E-state index in [4.69, 9.17) is 9.47 Å². The number of amides is 2. The highest BCUT2D eigenvalue weighted by Crippen LogP contribution is 2.30. The van der Waals surface area contributed by atoms with Gasteiger partial charge in [-0.3, -0.25) is 9.59 Å². The van der Waals surface area contributed by atoms with E-state index in [1.54, 1.807) is 32.4 Å². The second-order valence-corrected chi connectivity index (χ2v) is 9.03. The van der Waals surface area contributed by atoms with Gasteiger partial charge in [0.25, 0.3) is 5.91 Å². The number of hydrogen-bond donors (Lipinski definition) is 1. The van der Waals surface area contributed by atoms with E-state index in [9.17, 15) is 9.59 Å². The van der Waals surface area contributed by atoms with Crippen LogP contribution in [0, 0.1) is 13.8 Å². The Kier molecular flexibility index (Phi) is 7.82. The van der Waals surface area contributed by atoms with Crippen molar-refractivity contribution in [2.45, 2.75) is 52.1 Å². The number of nitrogens with one attached hydrogen (secondary N) is 1. The summed E-state index contributed by atoms with van der Waals surface area (Å²) in [6.45, 7) is 3.65. The summed E-state index contributed by atoms with van der Waals surface area (Å²) in [7, 11) is 3.11. The van der Waals surface area contributed by atoms with E-state index >= 15 is 0 Å². The van der Waals surface area contributed by atoms with Crippen LogP contribution >= 0.6 is 0 Å². The van der Waals surface area contributed by atoms with E-state index in [2.05, 4.69) is 20.7 Å². The molecule has 1 saturated carbocycles. The van der Waals surface area contributed by atoms with Crippen LogP contribution in [-0.2, 0) is 16.1 Å². The Balaban J connectivity index is 1.54. The largest absolute Gasteiger partial charge is 0.493 e. The zero-order valence-corrected chi connectivity index (χ0v) is 21.2. The molecular weight excluding hydrogens is 460 g/mol. The molecule has 0 saturated heterocycles. The van der Waals surface area contributed by atoms with Crippen molar-refractivity contribution in [2.24, 2.45) is 0 Å². The quantitative estimate of drug-likeness (QED) is 0.489. The first kappa shape index (κ1) is 25.2. The van der Waals surface area contributed by atoms with Gasteiger partial charge in [-0.1, -0.05) is 25.0 Å². The minimum absolute atomic E-state index is 0.0726. The van der Waals surface area contributed by atoms with Crippen molar-refractivity contribution < 1.29 is 19.1 Å². The van der Waals surface area contributed by atoms with E-state index in [1.165, 1.54) is 9.70 Å². The fourth-order valence-corrected chi connectivity index (χ4v) is 4.41. The molecular formula is C26H32N6O4. The first-order valence-electron chi connectivity index (χ1n) is 12.0. The topological polar surface area (TPSA) is 111 Å². The Morgan fingerprint density at radius 3 is 2.53 bits per heavy atom. The molecule has 0 unspecified atom stereocenters. The first-order valence-corrected chi connectivity index (χ1v) is 12.0. The lowest BCUT2D eigenvalue weighted by atomic mass is 10.1. The molecule has 1 N–H and O–H groups in total. The molecule has 2 aromatic carbocycles. The number of carbonyl (C=O) groups is 2. The zero-order valence-electron chi connectivity index (χ0n) is 21.2. The summed E-state index contributed by atoms with van der Waals surface area (Å²) < 4.78 is 10.6. The third-order valence-corrected chi connectivity index (χ3v) is 6.35. The van der Waals surface area contributed by atoms with Crippen LogP contribution < -0.4 is 19.7 Å². The molecule has 36 heavy (non-hydrogen) atoms. The van der Waals surface area contributed by atoms with Gasteiger partial charge in [-0.2, -0.15) is 4.80 Å². The van der Waals surface area contributed by atoms with Gasteiger partial charge in [-0.05, 0) is 67.3 Å². The lowest BCUT2D eigenvalue weighted by molar-refractivity contribution is -0.124. The van der Waals surface area contributed by atoms with Gasteiger partial charge in [0.15, 0.2) is 11.5 Å². The Labute approximate surface area is 210 Å². The standard InChI is InChI=1S/C26H32N6O4/c1-17-9-10-18(2)21(13-17)31(15-24(33)27-20-7-5-6-8-20)25(34)16-32-29-26(28-30-32)19-11-12-22(35-3)23(14-19)36-4/h9-14,20H,5-8,15-16H2,1-4H3,(H,27,33). The second-order valence-electron chi connectivity index (χ2n) is 9.03. The summed E-state index contributed by atoms with van der Waals surface area (Å²) in [4.78, 5) is 29.1. The third kappa shape index (κ3) is 5.81. The second kappa shape index (κ2) is 11.2. The maximum atomic E-state index is 13.5. The molecule has 0 aliphatic heterocycles. The van der Waals surface area contributed by atoms with Gasteiger partial charge in [-0.25, -0.2) is 0 Å². The maximum Gasteiger partial charge on any atom is 0.251 e. The van der Waals surface area contributed by atoms with Gasteiger partial charge in [0, 0.05) is 17.3 Å². The highest BCUT2D eigenvalue weighted by Gasteiger charge is 2.25. The summed E-state index contributed by atoms with van der Waals surface area (Å²) in [5.41, 5.74) is 3.27. The average molecular weight is 493 g/mol. The summed E-state index contributed by atoms with van der Waals surface area (Å²) in [6, 6.07) is 11.3. The van der Waals surface area contributed by atoms with Crippen LogP contribution in [0.4, 0.5) is 5.69 Å². The van der Waals surface area contributed by atoms with Gasteiger partial charge < -0.3 is 19.7 Å².